The van der Waals surface area contributed by atoms with E-state index in [1.165, 1.54) is 0 Å². The van der Waals surface area contributed by atoms with Crippen molar-refractivity contribution in [1.29, 1.82) is 0 Å². The number of hydrogen-bond acceptors (Lipinski definition) is 3. The second-order valence-corrected chi connectivity index (χ2v) is 6.32. The molecule has 1 atom stereocenters. The van der Waals surface area contributed by atoms with Crippen molar-refractivity contribution in [2.45, 2.75) is 6.04 Å². The van der Waals surface area contributed by atoms with E-state index in [4.69, 9.17) is 21.8 Å². The van der Waals surface area contributed by atoms with Crippen LogP contribution in [0, 0.1) is 0 Å². The van der Waals surface area contributed by atoms with E-state index in [2.05, 4.69) is 12.1 Å². The van der Waals surface area contributed by atoms with Crippen LogP contribution in [-0.2, 0) is 0 Å². The molecule has 21 heavy (non-hydrogen) atoms. The molecule has 0 aliphatic rings. The molecule has 104 valence electrons. The highest BCUT2D eigenvalue weighted by atomic mass is 35.5. The van der Waals surface area contributed by atoms with Crippen molar-refractivity contribution in [2.75, 3.05) is 0 Å². The molecule has 0 amide bonds. The molecule has 0 fully saturated rings. The van der Waals surface area contributed by atoms with E-state index in [0.29, 0.717) is 0 Å². The third-order valence-electron chi connectivity index (χ3n) is 3.69. The largest absolute Gasteiger partial charge is 0.456 e. The minimum Gasteiger partial charge on any atom is -0.456 e. The molecular weight excluding hydrogens is 302 g/mol. The normalized spacial score (nSPS) is 13.0. The summed E-state index contributed by atoms with van der Waals surface area (Å²) in [6.07, 6.45) is 0. The fourth-order valence-electron chi connectivity index (χ4n) is 2.62. The lowest BCUT2D eigenvalue weighted by molar-refractivity contribution is 0.668. The zero-order valence-electron chi connectivity index (χ0n) is 11.0. The van der Waals surface area contributed by atoms with Gasteiger partial charge in [0.1, 0.15) is 11.2 Å². The molecule has 2 aromatic heterocycles. The molecular formula is C17H12ClNOS. The highest BCUT2D eigenvalue weighted by Gasteiger charge is 2.16. The predicted molar refractivity (Wildman–Crippen MR) is 89.1 cm³/mol. The number of para-hydroxylation sites is 1. The lowest BCUT2D eigenvalue weighted by atomic mass is 10.0. The van der Waals surface area contributed by atoms with Crippen LogP contribution in [0.25, 0.3) is 21.9 Å². The van der Waals surface area contributed by atoms with Crippen LogP contribution in [0.2, 0.25) is 5.02 Å². The van der Waals surface area contributed by atoms with Crippen LogP contribution < -0.4 is 5.73 Å². The zero-order valence-corrected chi connectivity index (χ0v) is 12.6. The Morgan fingerprint density at radius 3 is 2.62 bits per heavy atom. The molecule has 2 N–H and O–H groups in total. The maximum atomic E-state index is 6.36. The second-order valence-electron chi connectivity index (χ2n) is 4.96. The maximum absolute atomic E-state index is 6.36. The number of nitrogens with two attached hydrogens (primary N) is 1. The van der Waals surface area contributed by atoms with Gasteiger partial charge in [0.05, 0.1) is 11.1 Å². The van der Waals surface area contributed by atoms with Gasteiger partial charge in [-0.05, 0) is 35.2 Å². The molecule has 1 unspecified atom stereocenters. The molecule has 2 nitrogen and oxygen atoms in total. The molecule has 4 rings (SSSR count). The number of halogens is 1. The first-order valence-electron chi connectivity index (χ1n) is 6.64. The van der Waals surface area contributed by atoms with Crippen LogP contribution in [0.1, 0.15) is 16.5 Å². The summed E-state index contributed by atoms with van der Waals surface area (Å²) in [5, 5.41) is 4.89. The highest BCUT2D eigenvalue weighted by Crippen LogP contribution is 2.35. The van der Waals surface area contributed by atoms with Gasteiger partial charge in [-0.1, -0.05) is 35.9 Å². The van der Waals surface area contributed by atoms with Crippen molar-refractivity contribution in [3.8, 4) is 0 Å². The van der Waals surface area contributed by atoms with E-state index in [0.717, 1.165) is 37.4 Å². The fraction of sp³-hybridized carbons (Fsp3) is 0.0588. The summed E-state index contributed by atoms with van der Waals surface area (Å²) in [6, 6.07) is 15.8. The van der Waals surface area contributed by atoms with Gasteiger partial charge in [0.2, 0.25) is 0 Å². The van der Waals surface area contributed by atoms with Gasteiger partial charge < -0.3 is 10.2 Å². The summed E-state index contributed by atoms with van der Waals surface area (Å²) < 4.78 is 5.84. The molecule has 0 bridgehead atoms. The first-order valence-corrected chi connectivity index (χ1v) is 7.89. The van der Waals surface area contributed by atoms with Crippen LogP contribution in [0.3, 0.4) is 0 Å². The smallest absolute Gasteiger partial charge is 0.135 e. The van der Waals surface area contributed by atoms with E-state index in [-0.39, 0.29) is 6.04 Å². The first kappa shape index (κ1) is 12.9. The minimum absolute atomic E-state index is 0.212. The average molecular weight is 314 g/mol. The van der Waals surface area contributed by atoms with Crippen molar-refractivity contribution in [3.63, 3.8) is 0 Å². The van der Waals surface area contributed by atoms with Crippen LogP contribution in [-0.4, -0.2) is 0 Å². The van der Waals surface area contributed by atoms with E-state index in [9.17, 15) is 0 Å². The summed E-state index contributed by atoms with van der Waals surface area (Å²) >= 11 is 7.77. The Labute approximate surface area is 130 Å². The van der Waals surface area contributed by atoms with Crippen LogP contribution in [0.4, 0.5) is 0 Å². The third kappa shape index (κ3) is 2.05. The van der Waals surface area contributed by atoms with Gasteiger partial charge in [-0.25, -0.2) is 0 Å². The quantitative estimate of drug-likeness (QED) is 0.542. The predicted octanol–water partition coefficient (Wildman–Crippen LogP) is 5.35. The topological polar surface area (TPSA) is 39.2 Å². The SMILES string of the molecule is NC(c1ccc2oc3ccccc3c2c1)c1sccc1Cl. The summed E-state index contributed by atoms with van der Waals surface area (Å²) in [5.41, 5.74) is 9.18. The van der Waals surface area contributed by atoms with Gasteiger partial charge in [0.15, 0.2) is 0 Å². The van der Waals surface area contributed by atoms with Crippen molar-refractivity contribution >= 4 is 44.9 Å². The van der Waals surface area contributed by atoms with Crippen molar-refractivity contribution in [3.05, 3.63) is 69.4 Å². The maximum Gasteiger partial charge on any atom is 0.135 e. The van der Waals surface area contributed by atoms with Gasteiger partial charge in [0, 0.05) is 15.6 Å². The molecule has 0 aliphatic carbocycles. The molecule has 0 radical (unpaired) electrons. The molecule has 2 heterocycles. The lowest BCUT2D eigenvalue weighted by Crippen LogP contribution is -2.10. The molecule has 2 aromatic carbocycles. The Kier molecular flexibility index (Phi) is 3.00. The Morgan fingerprint density at radius 2 is 1.81 bits per heavy atom. The lowest BCUT2D eigenvalue weighted by Gasteiger charge is -2.10. The second kappa shape index (κ2) is 4.88. The highest BCUT2D eigenvalue weighted by molar-refractivity contribution is 7.10. The van der Waals surface area contributed by atoms with Gasteiger partial charge in [0.25, 0.3) is 0 Å². The van der Waals surface area contributed by atoms with E-state index in [1.54, 1.807) is 11.3 Å². The zero-order chi connectivity index (χ0) is 14.4. The Hall–Kier alpha value is -1.81. The number of rotatable bonds is 2. The molecule has 0 saturated carbocycles. The van der Waals surface area contributed by atoms with Crippen LogP contribution in [0.15, 0.2) is 58.3 Å². The molecule has 4 heteroatoms. The van der Waals surface area contributed by atoms with E-state index in [1.807, 2.05) is 41.8 Å². The Bertz CT molecular complexity index is 940. The van der Waals surface area contributed by atoms with Gasteiger partial charge in [-0.2, -0.15) is 0 Å². The van der Waals surface area contributed by atoms with Gasteiger partial charge >= 0.3 is 0 Å². The van der Waals surface area contributed by atoms with Crippen LogP contribution >= 0.6 is 22.9 Å². The summed E-state index contributed by atoms with van der Waals surface area (Å²) in [4.78, 5) is 0.990. The Morgan fingerprint density at radius 1 is 1.00 bits per heavy atom. The van der Waals surface area contributed by atoms with Crippen LogP contribution in [0.5, 0.6) is 0 Å². The van der Waals surface area contributed by atoms with Crippen molar-refractivity contribution < 1.29 is 4.42 Å². The van der Waals surface area contributed by atoms with Gasteiger partial charge in [-0.15, -0.1) is 11.3 Å². The van der Waals surface area contributed by atoms with Gasteiger partial charge in [-0.3, -0.25) is 0 Å². The number of furan rings is 1. The molecule has 4 aromatic rings. The fourth-order valence-corrected chi connectivity index (χ4v) is 3.82. The number of fused-ring (bicyclic) bond motifs is 3. The molecule has 0 spiro atoms. The van der Waals surface area contributed by atoms with E-state index < -0.39 is 0 Å². The summed E-state index contributed by atoms with van der Waals surface area (Å²) in [7, 11) is 0. The Balaban J connectivity index is 1.90. The summed E-state index contributed by atoms with van der Waals surface area (Å²) in [5.74, 6) is 0. The van der Waals surface area contributed by atoms with E-state index >= 15 is 0 Å². The number of hydrogen-bond donors (Lipinski definition) is 1. The molecule has 0 aliphatic heterocycles. The number of benzene rings is 2. The first-order chi connectivity index (χ1) is 10.2. The standard InChI is InChI=1S/C17H12ClNOS/c18-13-7-8-21-17(13)16(19)10-5-6-15-12(9-10)11-3-1-2-4-14(11)20-15/h1-9,16H,19H2. The minimum atomic E-state index is -0.212. The van der Waals surface area contributed by atoms with Crippen molar-refractivity contribution in [1.82, 2.24) is 0 Å². The summed E-state index contributed by atoms with van der Waals surface area (Å²) in [6.45, 7) is 0. The number of thiophene rings is 1. The molecule has 0 saturated heterocycles. The van der Waals surface area contributed by atoms with Crippen molar-refractivity contribution in [2.24, 2.45) is 5.73 Å². The monoisotopic (exact) mass is 313 g/mol. The average Bonchev–Trinajstić information content (AvgIpc) is 3.09. The third-order valence-corrected chi connectivity index (χ3v) is 5.13.